The van der Waals surface area contributed by atoms with E-state index in [1.807, 2.05) is 13.8 Å². The zero-order valence-electron chi connectivity index (χ0n) is 10.8. The molecule has 1 aromatic rings. The van der Waals surface area contributed by atoms with E-state index in [0.717, 1.165) is 0 Å². The highest BCUT2D eigenvalue weighted by Crippen LogP contribution is 2.06. The van der Waals surface area contributed by atoms with Crippen LogP contribution in [0.15, 0.2) is 0 Å². The fraction of sp³-hybridized carbons (Fsp3) is 0.727. The van der Waals surface area contributed by atoms with Gasteiger partial charge in [-0.15, -0.1) is 5.10 Å². The van der Waals surface area contributed by atoms with Crippen molar-refractivity contribution in [3.63, 3.8) is 0 Å². The molecule has 0 bridgehead atoms. The van der Waals surface area contributed by atoms with Crippen LogP contribution in [0.2, 0.25) is 0 Å². The van der Waals surface area contributed by atoms with Crippen LogP contribution in [-0.4, -0.2) is 41.3 Å². The number of ether oxygens (including phenoxy) is 2. The van der Waals surface area contributed by atoms with Crippen LogP contribution >= 0.6 is 0 Å². The number of carbonyl (C=O) groups excluding carboxylic acids is 1. The number of aromatic nitrogens is 3. The highest BCUT2D eigenvalue weighted by Gasteiger charge is 2.17. The summed E-state index contributed by atoms with van der Waals surface area (Å²) in [6, 6.07) is 0. The van der Waals surface area contributed by atoms with E-state index in [-0.39, 0.29) is 5.69 Å². The van der Waals surface area contributed by atoms with Gasteiger partial charge in [-0.1, -0.05) is 19.1 Å². The average molecular weight is 241 g/mol. The number of esters is 1. The molecule has 0 aromatic carbocycles. The summed E-state index contributed by atoms with van der Waals surface area (Å²) in [5, 5.41) is 7.72. The zero-order valence-corrected chi connectivity index (χ0v) is 10.8. The maximum absolute atomic E-state index is 11.7. The van der Waals surface area contributed by atoms with Crippen LogP contribution in [0.4, 0.5) is 0 Å². The Kier molecular flexibility index (Phi) is 5.09. The Labute approximate surface area is 101 Å². The molecular weight excluding hydrogens is 222 g/mol. The molecule has 0 saturated heterocycles. The molecular formula is C11H19N3O3. The minimum atomic E-state index is -0.417. The smallest absolute Gasteiger partial charge is 0.360 e. The minimum absolute atomic E-state index is 0.279. The monoisotopic (exact) mass is 241 g/mol. The molecule has 6 nitrogen and oxygen atoms in total. The lowest BCUT2D eigenvalue weighted by atomic mass is 10.2. The molecule has 1 rings (SSSR count). The molecule has 0 atom stereocenters. The van der Waals surface area contributed by atoms with Gasteiger partial charge in [-0.2, -0.15) is 0 Å². The third-order valence-corrected chi connectivity index (χ3v) is 2.23. The van der Waals surface area contributed by atoms with Gasteiger partial charge in [0.05, 0.1) is 25.5 Å². The first-order valence-electron chi connectivity index (χ1n) is 5.62. The molecule has 0 radical (unpaired) electrons. The van der Waals surface area contributed by atoms with E-state index in [2.05, 4.69) is 10.3 Å². The number of nitrogens with zero attached hydrogens (tertiary/aromatic N) is 3. The fourth-order valence-electron chi connectivity index (χ4n) is 1.25. The van der Waals surface area contributed by atoms with Crippen molar-refractivity contribution in [3.05, 3.63) is 11.4 Å². The van der Waals surface area contributed by atoms with Crippen LogP contribution in [-0.2, 0) is 16.0 Å². The maximum Gasteiger partial charge on any atom is 0.360 e. The molecule has 0 aliphatic carbocycles. The number of rotatable bonds is 6. The van der Waals surface area contributed by atoms with Gasteiger partial charge in [0, 0.05) is 7.11 Å². The first-order chi connectivity index (χ1) is 8.06. The van der Waals surface area contributed by atoms with Crippen molar-refractivity contribution in [2.45, 2.75) is 27.3 Å². The lowest BCUT2D eigenvalue weighted by molar-refractivity contribution is 0.0451. The van der Waals surface area contributed by atoms with Gasteiger partial charge in [0.15, 0.2) is 5.69 Å². The number of methoxy groups -OCH3 is 1. The van der Waals surface area contributed by atoms with Gasteiger partial charge in [-0.05, 0) is 12.8 Å². The van der Waals surface area contributed by atoms with Crippen molar-refractivity contribution in [1.29, 1.82) is 0 Å². The standard InChI is InChI=1S/C11H19N3O3/c1-8(2)7-17-11(15)10-9(3)14(13-12-10)5-6-16-4/h8H,5-7H2,1-4H3. The van der Waals surface area contributed by atoms with Crippen molar-refractivity contribution >= 4 is 5.97 Å². The molecule has 0 aliphatic rings. The van der Waals surface area contributed by atoms with Crippen LogP contribution in [0.25, 0.3) is 0 Å². The largest absolute Gasteiger partial charge is 0.461 e. The van der Waals surface area contributed by atoms with Crippen molar-refractivity contribution in [3.8, 4) is 0 Å². The highest BCUT2D eigenvalue weighted by atomic mass is 16.5. The van der Waals surface area contributed by atoms with Gasteiger partial charge in [0.1, 0.15) is 0 Å². The summed E-state index contributed by atoms with van der Waals surface area (Å²) < 4.78 is 11.7. The molecule has 17 heavy (non-hydrogen) atoms. The summed E-state index contributed by atoms with van der Waals surface area (Å²) in [5.41, 5.74) is 0.984. The Balaban J connectivity index is 2.64. The summed E-state index contributed by atoms with van der Waals surface area (Å²) in [6.45, 7) is 7.26. The van der Waals surface area contributed by atoms with Gasteiger partial charge in [0.25, 0.3) is 0 Å². The van der Waals surface area contributed by atoms with E-state index in [1.54, 1.807) is 18.7 Å². The Morgan fingerprint density at radius 2 is 2.18 bits per heavy atom. The quantitative estimate of drug-likeness (QED) is 0.696. The Morgan fingerprint density at radius 1 is 1.47 bits per heavy atom. The van der Waals surface area contributed by atoms with Crippen molar-refractivity contribution in [1.82, 2.24) is 15.0 Å². The van der Waals surface area contributed by atoms with E-state index in [4.69, 9.17) is 9.47 Å². The highest BCUT2D eigenvalue weighted by molar-refractivity contribution is 5.88. The molecule has 1 aromatic heterocycles. The maximum atomic E-state index is 11.7. The van der Waals surface area contributed by atoms with Gasteiger partial charge in [-0.3, -0.25) is 0 Å². The van der Waals surface area contributed by atoms with Gasteiger partial charge >= 0.3 is 5.97 Å². The average Bonchev–Trinajstić information content (AvgIpc) is 2.65. The van der Waals surface area contributed by atoms with E-state index in [0.29, 0.717) is 31.4 Å². The van der Waals surface area contributed by atoms with Crippen molar-refractivity contribution in [2.24, 2.45) is 5.92 Å². The fourth-order valence-corrected chi connectivity index (χ4v) is 1.25. The SMILES string of the molecule is COCCn1nnc(C(=O)OCC(C)C)c1C. The second-order valence-electron chi connectivity index (χ2n) is 4.23. The Hall–Kier alpha value is -1.43. The summed E-state index contributed by atoms with van der Waals surface area (Å²) in [4.78, 5) is 11.7. The third kappa shape index (κ3) is 3.81. The van der Waals surface area contributed by atoms with Gasteiger partial charge < -0.3 is 9.47 Å². The van der Waals surface area contributed by atoms with E-state index >= 15 is 0 Å². The molecule has 0 amide bonds. The van der Waals surface area contributed by atoms with Gasteiger partial charge in [-0.25, -0.2) is 9.48 Å². The number of hydrogen-bond acceptors (Lipinski definition) is 5. The topological polar surface area (TPSA) is 66.2 Å². The Bertz CT molecular complexity index is 374. The summed E-state index contributed by atoms with van der Waals surface area (Å²) >= 11 is 0. The first-order valence-corrected chi connectivity index (χ1v) is 5.62. The van der Waals surface area contributed by atoms with Crippen LogP contribution in [0.5, 0.6) is 0 Å². The molecule has 0 saturated carbocycles. The summed E-state index contributed by atoms with van der Waals surface area (Å²) in [5.74, 6) is -0.109. The zero-order chi connectivity index (χ0) is 12.8. The predicted octanol–water partition coefficient (Wildman–Crippen LogP) is 1.05. The molecule has 0 fully saturated rings. The molecule has 0 unspecified atom stereocenters. The normalized spacial score (nSPS) is 10.9. The lowest BCUT2D eigenvalue weighted by Gasteiger charge is -2.06. The third-order valence-electron chi connectivity index (χ3n) is 2.23. The van der Waals surface area contributed by atoms with Crippen molar-refractivity contribution < 1.29 is 14.3 Å². The van der Waals surface area contributed by atoms with Crippen LogP contribution in [0.3, 0.4) is 0 Å². The van der Waals surface area contributed by atoms with Crippen LogP contribution in [0.1, 0.15) is 30.0 Å². The molecule has 1 heterocycles. The predicted molar refractivity (Wildman–Crippen MR) is 61.8 cm³/mol. The lowest BCUT2D eigenvalue weighted by Crippen LogP contribution is -2.13. The molecule has 0 N–H and O–H groups in total. The number of carbonyl (C=O) groups is 1. The molecule has 96 valence electrons. The summed E-state index contributed by atoms with van der Waals surface area (Å²) in [6.07, 6.45) is 0. The Morgan fingerprint density at radius 3 is 2.76 bits per heavy atom. The number of hydrogen-bond donors (Lipinski definition) is 0. The van der Waals surface area contributed by atoms with Gasteiger partial charge in [0.2, 0.25) is 0 Å². The van der Waals surface area contributed by atoms with Crippen LogP contribution < -0.4 is 0 Å². The van der Waals surface area contributed by atoms with Crippen LogP contribution in [0, 0.1) is 12.8 Å². The van der Waals surface area contributed by atoms with E-state index in [1.165, 1.54) is 0 Å². The minimum Gasteiger partial charge on any atom is -0.461 e. The first kappa shape index (κ1) is 13.6. The van der Waals surface area contributed by atoms with E-state index in [9.17, 15) is 4.79 Å². The summed E-state index contributed by atoms with van der Waals surface area (Å²) in [7, 11) is 1.62. The molecule has 0 spiro atoms. The second-order valence-corrected chi connectivity index (χ2v) is 4.23. The van der Waals surface area contributed by atoms with E-state index < -0.39 is 5.97 Å². The molecule has 0 aliphatic heterocycles. The molecule has 6 heteroatoms. The van der Waals surface area contributed by atoms with Crippen molar-refractivity contribution in [2.75, 3.05) is 20.3 Å². The second kappa shape index (κ2) is 6.34.